The van der Waals surface area contributed by atoms with E-state index in [9.17, 15) is 13.2 Å². The van der Waals surface area contributed by atoms with E-state index in [4.69, 9.17) is 0 Å². The van der Waals surface area contributed by atoms with Crippen molar-refractivity contribution >= 4 is 21.6 Å². The van der Waals surface area contributed by atoms with Gasteiger partial charge in [-0.3, -0.25) is 4.79 Å². The van der Waals surface area contributed by atoms with Gasteiger partial charge in [-0.1, -0.05) is 12.1 Å². The predicted octanol–water partition coefficient (Wildman–Crippen LogP) is 1.68. The predicted molar refractivity (Wildman–Crippen MR) is 89.9 cm³/mol. The summed E-state index contributed by atoms with van der Waals surface area (Å²) < 4.78 is 26.1. The quantitative estimate of drug-likeness (QED) is 0.861. The van der Waals surface area contributed by atoms with E-state index in [0.29, 0.717) is 31.5 Å². The molecule has 7 heteroatoms. The molecule has 1 amide bonds. The molecule has 23 heavy (non-hydrogen) atoms. The third-order valence-corrected chi connectivity index (χ3v) is 7.04. The molecule has 2 aliphatic rings. The van der Waals surface area contributed by atoms with Gasteiger partial charge in [0, 0.05) is 25.9 Å². The zero-order valence-electron chi connectivity index (χ0n) is 13.7. The first kappa shape index (κ1) is 16.3. The van der Waals surface area contributed by atoms with Crippen molar-refractivity contribution in [2.45, 2.75) is 44.5 Å². The highest BCUT2D eigenvalue weighted by Crippen LogP contribution is 2.34. The van der Waals surface area contributed by atoms with Crippen LogP contribution in [0.15, 0.2) is 18.2 Å². The molecule has 2 heterocycles. The van der Waals surface area contributed by atoms with Crippen molar-refractivity contribution in [3.05, 3.63) is 29.3 Å². The number of sulfonamides is 1. The lowest BCUT2D eigenvalue weighted by Crippen LogP contribution is -2.63. The topological polar surface area (TPSA) is 78.5 Å². The van der Waals surface area contributed by atoms with Crippen molar-refractivity contribution in [1.82, 2.24) is 9.62 Å². The normalized spacial score (nSPS) is 21.0. The summed E-state index contributed by atoms with van der Waals surface area (Å²) >= 11 is 0. The van der Waals surface area contributed by atoms with Crippen molar-refractivity contribution in [2.75, 3.05) is 18.4 Å². The zero-order valence-corrected chi connectivity index (χ0v) is 14.5. The summed E-state index contributed by atoms with van der Waals surface area (Å²) in [6, 6.07) is 5.64. The molecule has 2 aliphatic heterocycles. The molecule has 1 aromatic rings. The average molecular weight is 337 g/mol. The van der Waals surface area contributed by atoms with Crippen LogP contribution >= 0.6 is 0 Å². The van der Waals surface area contributed by atoms with E-state index >= 15 is 0 Å². The maximum absolute atomic E-state index is 12.4. The molecule has 0 bridgehead atoms. The van der Waals surface area contributed by atoms with Crippen LogP contribution in [0.4, 0.5) is 5.69 Å². The number of benzene rings is 1. The number of hydrogen-bond acceptors (Lipinski definition) is 4. The van der Waals surface area contributed by atoms with Gasteiger partial charge in [0.05, 0.1) is 16.5 Å². The first-order valence-electron chi connectivity index (χ1n) is 7.94. The molecule has 2 N–H and O–H groups in total. The molecule has 1 spiro atoms. The van der Waals surface area contributed by atoms with Gasteiger partial charge >= 0.3 is 0 Å². The Balaban J connectivity index is 1.82. The summed E-state index contributed by atoms with van der Waals surface area (Å²) in [4.78, 5) is 12.4. The second-order valence-electron chi connectivity index (χ2n) is 6.65. The number of carbonyl (C=O) groups excluding carboxylic acids is 1. The van der Waals surface area contributed by atoms with E-state index in [-0.39, 0.29) is 5.91 Å². The molecular formula is C16H23N3O3S. The van der Waals surface area contributed by atoms with E-state index < -0.39 is 20.9 Å². The number of anilines is 1. The van der Waals surface area contributed by atoms with E-state index in [0.717, 1.165) is 11.3 Å². The molecule has 0 atom stereocenters. The van der Waals surface area contributed by atoms with Crippen LogP contribution in [0, 0.1) is 6.92 Å². The molecular weight excluding hydrogens is 314 g/mol. The highest BCUT2D eigenvalue weighted by atomic mass is 32.2. The van der Waals surface area contributed by atoms with Crippen molar-refractivity contribution in [3.8, 4) is 0 Å². The number of aryl methyl sites for hydroxylation is 1. The molecule has 1 saturated heterocycles. The van der Waals surface area contributed by atoms with E-state index in [1.54, 1.807) is 19.9 Å². The largest absolute Gasteiger partial charge is 0.362 e. The monoisotopic (exact) mass is 337 g/mol. The molecule has 0 aromatic heterocycles. The Bertz CT molecular complexity index is 735. The SMILES string of the molecule is Cc1cccc2c1NC1(CCN(S(=O)(=O)C(C)C)CC1)NC2=O. The van der Waals surface area contributed by atoms with E-state index in [1.165, 1.54) is 4.31 Å². The lowest BCUT2D eigenvalue weighted by atomic mass is 9.92. The number of fused-ring (bicyclic) bond motifs is 1. The Hall–Kier alpha value is -1.60. The van der Waals surface area contributed by atoms with Gasteiger partial charge in [-0.25, -0.2) is 12.7 Å². The third kappa shape index (κ3) is 2.72. The average Bonchev–Trinajstić information content (AvgIpc) is 2.49. The Labute approximate surface area is 137 Å². The molecule has 0 aliphatic carbocycles. The molecule has 1 fully saturated rings. The highest BCUT2D eigenvalue weighted by Gasteiger charge is 2.43. The van der Waals surface area contributed by atoms with Crippen LogP contribution in [0.25, 0.3) is 0 Å². The number of para-hydroxylation sites is 1. The second-order valence-corrected chi connectivity index (χ2v) is 9.14. The lowest BCUT2D eigenvalue weighted by molar-refractivity contribution is 0.0865. The van der Waals surface area contributed by atoms with Crippen LogP contribution in [0.3, 0.4) is 0 Å². The Kier molecular flexibility index (Phi) is 3.88. The fourth-order valence-corrected chi connectivity index (χ4v) is 4.54. The summed E-state index contributed by atoms with van der Waals surface area (Å²) in [6.45, 7) is 6.18. The van der Waals surface area contributed by atoms with Gasteiger partial charge in [0.25, 0.3) is 5.91 Å². The fraction of sp³-hybridized carbons (Fsp3) is 0.562. The standard InChI is InChI=1S/C16H23N3O3S/c1-11(2)23(21,22)19-9-7-16(8-10-19)17-14-12(3)5-4-6-13(14)15(20)18-16/h4-6,11,17H,7-10H2,1-3H3,(H,18,20). The maximum atomic E-state index is 12.4. The van der Waals surface area contributed by atoms with Gasteiger partial charge in [-0.15, -0.1) is 0 Å². The van der Waals surface area contributed by atoms with Crippen molar-refractivity contribution in [3.63, 3.8) is 0 Å². The van der Waals surface area contributed by atoms with Crippen molar-refractivity contribution in [2.24, 2.45) is 0 Å². The summed E-state index contributed by atoms with van der Waals surface area (Å²) in [6.07, 6.45) is 1.11. The molecule has 0 saturated carbocycles. The zero-order chi connectivity index (χ0) is 16.8. The maximum Gasteiger partial charge on any atom is 0.255 e. The second kappa shape index (κ2) is 5.49. The van der Waals surface area contributed by atoms with Crippen LogP contribution in [0.1, 0.15) is 42.6 Å². The van der Waals surface area contributed by atoms with Gasteiger partial charge in [-0.2, -0.15) is 0 Å². The first-order valence-corrected chi connectivity index (χ1v) is 9.45. The summed E-state index contributed by atoms with van der Waals surface area (Å²) in [5, 5.41) is 6.08. The fourth-order valence-electron chi connectivity index (χ4n) is 3.25. The van der Waals surface area contributed by atoms with Crippen molar-refractivity contribution < 1.29 is 13.2 Å². The van der Waals surface area contributed by atoms with Crippen LogP contribution in [-0.2, 0) is 10.0 Å². The van der Waals surface area contributed by atoms with Gasteiger partial charge < -0.3 is 10.6 Å². The molecule has 126 valence electrons. The molecule has 3 rings (SSSR count). The van der Waals surface area contributed by atoms with Crippen molar-refractivity contribution in [1.29, 1.82) is 0 Å². The number of rotatable bonds is 2. The highest BCUT2D eigenvalue weighted by molar-refractivity contribution is 7.89. The van der Waals surface area contributed by atoms with E-state index in [1.807, 2.05) is 19.1 Å². The Morgan fingerprint density at radius 2 is 1.83 bits per heavy atom. The molecule has 6 nitrogen and oxygen atoms in total. The van der Waals surface area contributed by atoms with Crippen LogP contribution in [-0.4, -0.2) is 42.6 Å². The van der Waals surface area contributed by atoms with Gasteiger partial charge in [0.1, 0.15) is 5.66 Å². The minimum atomic E-state index is -3.24. The van der Waals surface area contributed by atoms with Gasteiger partial charge in [0.15, 0.2) is 0 Å². The van der Waals surface area contributed by atoms with Crippen LogP contribution in [0.2, 0.25) is 0 Å². The molecule has 1 aromatic carbocycles. The lowest BCUT2D eigenvalue weighted by Gasteiger charge is -2.46. The van der Waals surface area contributed by atoms with Gasteiger partial charge in [0.2, 0.25) is 10.0 Å². The number of piperidine rings is 1. The number of nitrogens with zero attached hydrogens (tertiary/aromatic N) is 1. The number of hydrogen-bond donors (Lipinski definition) is 2. The van der Waals surface area contributed by atoms with Crippen LogP contribution < -0.4 is 10.6 Å². The minimum Gasteiger partial charge on any atom is -0.362 e. The van der Waals surface area contributed by atoms with E-state index in [2.05, 4.69) is 10.6 Å². The Morgan fingerprint density at radius 1 is 1.17 bits per heavy atom. The molecule has 0 unspecified atom stereocenters. The first-order chi connectivity index (χ1) is 10.8. The third-order valence-electron chi connectivity index (χ3n) is 4.77. The number of nitrogens with one attached hydrogen (secondary N) is 2. The summed E-state index contributed by atoms with van der Waals surface area (Å²) in [7, 11) is -3.24. The number of carbonyl (C=O) groups is 1. The summed E-state index contributed by atoms with van der Waals surface area (Å²) in [5.74, 6) is -0.0948. The van der Waals surface area contributed by atoms with Crippen LogP contribution in [0.5, 0.6) is 0 Å². The minimum absolute atomic E-state index is 0.0948. The molecule has 0 radical (unpaired) electrons. The Morgan fingerprint density at radius 3 is 2.43 bits per heavy atom. The smallest absolute Gasteiger partial charge is 0.255 e. The summed E-state index contributed by atoms with van der Waals surface area (Å²) in [5.41, 5.74) is 1.97. The van der Waals surface area contributed by atoms with Gasteiger partial charge in [-0.05, 0) is 32.4 Å². The number of amides is 1.